The number of thioether (sulfide) groups is 1. The zero-order valence-corrected chi connectivity index (χ0v) is 8.82. The van der Waals surface area contributed by atoms with Crippen molar-refractivity contribution in [3.8, 4) is 6.07 Å². The second-order valence-electron chi connectivity index (χ2n) is 2.91. The van der Waals surface area contributed by atoms with Crippen molar-refractivity contribution in [1.82, 2.24) is 0 Å². The van der Waals surface area contributed by atoms with Gasteiger partial charge < -0.3 is 0 Å². The molecule has 0 heterocycles. The lowest BCUT2D eigenvalue weighted by Gasteiger charge is -2.05. The van der Waals surface area contributed by atoms with Crippen LogP contribution in [0.15, 0.2) is 23.1 Å². The number of nitrogens with zero attached hydrogens (tertiary/aromatic N) is 1. The normalized spacial score (nSPS) is 9.62. The maximum atomic E-state index is 8.88. The van der Waals surface area contributed by atoms with Gasteiger partial charge in [0, 0.05) is 4.90 Å². The lowest BCUT2D eigenvalue weighted by atomic mass is 10.1. The molecule has 0 amide bonds. The fraction of sp³-hybridized carbons (Fsp3) is 0.364. The molecule has 1 aromatic carbocycles. The molecule has 1 rings (SSSR count). The second kappa shape index (κ2) is 4.94. The minimum absolute atomic E-state index is 0.804. The van der Waals surface area contributed by atoms with Crippen molar-refractivity contribution in [2.45, 2.75) is 25.2 Å². The van der Waals surface area contributed by atoms with Crippen molar-refractivity contribution >= 4 is 11.8 Å². The van der Waals surface area contributed by atoms with E-state index in [1.165, 1.54) is 5.56 Å². The summed E-state index contributed by atoms with van der Waals surface area (Å²) in [5.74, 6) is 1.08. The first-order valence-electron chi connectivity index (χ1n) is 4.42. The molecule has 0 unspecified atom stereocenters. The predicted octanol–water partition coefficient (Wildman–Crippen LogP) is 3.37. The smallest absolute Gasteiger partial charge is 0.100 e. The van der Waals surface area contributed by atoms with Crippen LogP contribution in [0.5, 0.6) is 0 Å². The SMILES string of the molecule is CCCSc1c(C)cccc1C#N. The Kier molecular flexibility index (Phi) is 3.85. The summed E-state index contributed by atoms with van der Waals surface area (Å²) in [7, 11) is 0. The first-order valence-corrected chi connectivity index (χ1v) is 5.40. The molecule has 0 bridgehead atoms. The van der Waals surface area contributed by atoms with Crippen LogP contribution in [0.3, 0.4) is 0 Å². The van der Waals surface area contributed by atoms with Gasteiger partial charge in [-0.3, -0.25) is 0 Å². The quantitative estimate of drug-likeness (QED) is 0.684. The lowest BCUT2D eigenvalue weighted by molar-refractivity contribution is 1.10. The standard InChI is InChI=1S/C11H13NS/c1-3-7-13-11-9(2)5-4-6-10(11)8-12/h4-6H,3,7H2,1-2H3. The van der Waals surface area contributed by atoms with E-state index in [2.05, 4.69) is 26.0 Å². The van der Waals surface area contributed by atoms with Crippen molar-refractivity contribution in [3.63, 3.8) is 0 Å². The van der Waals surface area contributed by atoms with Crippen molar-refractivity contribution in [1.29, 1.82) is 5.26 Å². The van der Waals surface area contributed by atoms with Crippen LogP contribution < -0.4 is 0 Å². The third-order valence-electron chi connectivity index (χ3n) is 1.78. The van der Waals surface area contributed by atoms with Gasteiger partial charge in [0.15, 0.2) is 0 Å². The van der Waals surface area contributed by atoms with E-state index in [-0.39, 0.29) is 0 Å². The Bertz CT molecular complexity index is 325. The molecule has 0 saturated carbocycles. The van der Waals surface area contributed by atoms with Crippen molar-refractivity contribution < 1.29 is 0 Å². The highest BCUT2D eigenvalue weighted by molar-refractivity contribution is 7.99. The maximum Gasteiger partial charge on any atom is 0.100 e. The number of rotatable bonds is 3. The van der Waals surface area contributed by atoms with Crippen LogP contribution in [-0.4, -0.2) is 5.75 Å². The van der Waals surface area contributed by atoms with Crippen molar-refractivity contribution in [2.75, 3.05) is 5.75 Å². The van der Waals surface area contributed by atoms with Crippen LogP contribution in [0.2, 0.25) is 0 Å². The summed E-state index contributed by atoms with van der Waals surface area (Å²) in [6.07, 6.45) is 1.14. The Morgan fingerprint density at radius 2 is 2.23 bits per heavy atom. The van der Waals surface area contributed by atoms with E-state index in [1.54, 1.807) is 11.8 Å². The molecule has 0 saturated heterocycles. The lowest BCUT2D eigenvalue weighted by Crippen LogP contribution is -1.86. The summed E-state index contributed by atoms with van der Waals surface area (Å²) >= 11 is 1.78. The molecule has 0 fully saturated rings. The van der Waals surface area contributed by atoms with Gasteiger partial charge in [-0.25, -0.2) is 0 Å². The zero-order chi connectivity index (χ0) is 9.68. The van der Waals surface area contributed by atoms with E-state index in [0.29, 0.717) is 0 Å². The Labute approximate surface area is 83.8 Å². The zero-order valence-electron chi connectivity index (χ0n) is 8.00. The summed E-state index contributed by atoms with van der Waals surface area (Å²) in [4.78, 5) is 1.15. The summed E-state index contributed by atoms with van der Waals surface area (Å²) < 4.78 is 0. The molecular weight excluding hydrogens is 178 g/mol. The molecule has 0 atom stereocenters. The van der Waals surface area contributed by atoms with Crippen molar-refractivity contribution in [3.05, 3.63) is 29.3 Å². The molecule has 0 spiro atoms. The molecular formula is C11H13NS. The van der Waals surface area contributed by atoms with E-state index in [4.69, 9.17) is 5.26 Å². The predicted molar refractivity (Wildman–Crippen MR) is 56.9 cm³/mol. The van der Waals surface area contributed by atoms with Gasteiger partial charge in [0.1, 0.15) is 6.07 Å². The average Bonchev–Trinajstić information content (AvgIpc) is 2.15. The summed E-state index contributed by atoms with van der Waals surface area (Å²) in [6, 6.07) is 8.09. The molecule has 68 valence electrons. The van der Waals surface area contributed by atoms with E-state index >= 15 is 0 Å². The van der Waals surface area contributed by atoms with Gasteiger partial charge in [-0.1, -0.05) is 19.1 Å². The molecule has 1 nitrogen and oxygen atoms in total. The van der Waals surface area contributed by atoms with Crippen LogP contribution in [0, 0.1) is 18.3 Å². The molecule has 0 aliphatic rings. The van der Waals surface area contributed by atoms with E-state index < -0.39 is 0 Å². The number of nitriles is 1. The molecule has 0 aliphatic heterocycles. The molecule has 13 heavy (non-hydrogen) atoms. The Balaban J connectivity index is 2.95. The van der Waals surface area contributed by atoms with Gasteiger partial charge in [0.05, 0.1) is 5.56 Å². The van der Waals surface area contributed by atoms with Gasteiger partial charge in [0.2, 0.25) is 0 Å². The first-order chi connectivity index (χ1) is 6.29. The number of benzene rings is 1. The first kappa shape index (κ1) is 10.1. The highest BCUT2D eigenvalue weighted by Crippen LogP contribution is 2.26. The fourth-order valence-corrected chi connectivity index (χ4v) is 2.11. The van der Waals surface area contributed by atoms with Gasteiger partial charge >= 0.3 is 0 Å². The fourth-order valence-electron chi connectivity index (χ4n) is 1.14. The molecule has 0 aliphatic carbocycles. The van der Waals surface area contributed by atoms with E-state index in [9.17, 15) is 0 Å². The van der Waals surface area contributed by atoms with Crippen molar-refractivity contribution in [2.24, 2.45) is 0 Å². The van der Waals surface area contributed by atoms with Gasteiger partial charge in [-0.05, 0) is 30.7 Å². The Morgan fingerprint density at radius 1 is 1.46 bits per heavy atom. The van der Waals surface area contributed by atoms with Gasteiger partial charge in [-0.2, -0.15) is 5.26 Å². The third kappa shape index (κ3) is 2.50. The van der Waals surface area contributed by atoms with Crippen LogP contribution in [0.1, 0.15) is 24.5 Å². The summed E-state index contributed by atoms with van der Waals surface area (Å²) in [6.45, 7) is 4.20. The average molecular weight is 191 g/mol. The molecule has 0 N–H and O–H groups in total. The second-order valence-corrected chi connectivity index (χ2v) is 4.02. The van der Waals surface area contributed by atoms with Crippen LogP contribution in [0.25, 0.3) is 0 Å². The summed E-state index contributed by atoms with van der Waals surface area (Å²) in [5, 5.41) is 8.88. The molecule has 2 heteroatoms. The minimum atomic E-state index is 0.804. The van der Waals surface area contributed by atoms with Crippen LogP contribution in [-0.2, 0) is 0 Å². The third-order valence-corrected chi connectivity index (χ3v) is 3.23. The topological polar surface area (TPSA) is 23.8 Å². The monoisotopic (exact) mass is 191 g/mol. The Hall–Kier alpha value is -0.940. The highest BCUT2D eigenvalue weighted by atomic mass is 32.2. The number of aryl methyl sites for hydroxylation is 1. The Morgan fingerprint density at radius 3 is 2.85 bits per heavy atom. The maximum absolute atomic E-state index is 8.88. The summed E-state index contributed by atoms with van der Waals surface area (Å²) in [5.41, 5.74) is 2.01. The minimum Gasteiger partial charge on any atom is -0.192 e. The largest absolute Gasteiger partial charge is 0.192 e. The molecule has 1 aromatic rings. The molecule has 0 aromatic heterocycles. The van der Waals surface area contributed by atoms with E-state index in [1.807, 2.05) is 12.1 Å². The number of hydrogen-bond acceptors (Lipinski definition) is 2. The molecule has 0 radical (unpaired) electrons. The van der Waals surface area contributed by atoms with E-state index in [0.717, 1.165) is 22.6 Å². The van der Waals surface area contributed by atoms with Crippen LogP contribution >= 0.6 is 11.8 Å². The van der Waals surface area contributed by atoms with Gasteiger partial charge in [0.25, 0.3) is 0 Å². The highest BCUT2D eigenvalue weighted by Gasteiger charge is 2.04. The van der Waals surface area contributed by atoms with Crippen LogP contribution in [0.4, 0.5) is 0 Å². The van der Waals surface area contributed by atoms with Gasteiger partial charge in [-0.15, -0.1) is 11.8 Å². The number of hydrogen-bond donors (Lipinski definition) is 0.